The minimum Gasteiger partial charge on any atom is -0.321 e. The van der Waals surface area contributed by atoms with Crippen LogP contribution < -0.4 is 5.32 Å². The number of hydrogen-bond acceptors (Lipinski definition) is 2. The minimum absolute atomic E-state index is 0.141. The summed E-state index contributed by atoms with van der Waals surface area (Å²) >= 11 is 2.18. The fraction of sp³-hybridized carbons (Fsp3) is 0.0909. The molecule has 0 saturated heterocycles. The average Bonchev–Trinajstić information content (AvgIpc) is 2.68. The summed E-state index contributed by atoms with van der Waals surface area (Å²) in [6.45, 7) is 0. The van der Waals surface area contributed by atoms with Gasteiger partial charge in [-0.25, -0.2) is 0 Å². The zero-order valence-electron chi connectivity index (χ0n) is 8.64. The van der Waals surface area contributed by atoms with Crippen LogP contribution in [-0.2, 0) is 7.05 Å². The van der Waals surface area contributed by atoms with Crippen molar-refractivity contribution in [2.75, 3.05) is 5.32 Å². The number of hydrogen-bond donors (Lipinski definition) is 1. The quantitative estimate of drug-likeness (QED) is 0.861. The molecule has 2 aromatic rings. The first-order valence-electron chi connectivity index (χ1n) is 4.71. The van der Waals surface area contributed by atoms with Gasteiger partial charge in [-0.15, -0.1) is 0 Å². The lowest BCUT2D eigenvalue weighted by Crippen LogP contribution is -2.11. The van der Waals surface area contributed by atoms with E-state index in [1.165, 1.54) is 0 Å². The van der Waals surface area contributed by atoms with Crippen LogP contribution in [0.3, 0.4) is 0 Å². The second kappa shape index (κ2) is 4.65. The summed E-state index contributed by atoms with van der Waals surface area (Å²) in [6, 6.07) is 7.64. The van der Waals surface area contributed by atoms with Gasteiger partial charge in [0.15, 0.2) is 0 Å². The van der Waals surface area contributed by atoms with E-state index in [1.54, 1.807) is 24.1 Å². The lowest BCUT2D eigenvalue weighted by Gasteiger charge is -2.05. The summed E-state index contributed by atoms with van der Waals surface area (Å²) in [5.41, 5.74) is 1.37. The molecule has 16 heavy (non-hydrogen) atoms. The highest BCUT2D eigenvalue weighted by molar-refractivity contribution is 14.1. The summed E-state index contributed by atoms with van der Waals surface area (Å²) in [5, 5.41) is 6.80. The van der Waals surface area contributed by atoms with Crippen LogP contribution in [-0.4, -0.2) is 15.7 Å². The number of carbonyl (C=O) groups excluding carboxylic acids is 1. The molecule has 0 aliphatic carbocycles. The van der Waals surface area contributed by atoms with Gasteiger partial charge in [-0.3, -0.25) is 9.48 Å². The Hall–Kier alpha value is -1.37. The van der Waals surface area contributed by atoms with Gasteiger partial charge >= 0.3 is 0 Å². The third-order valence-corrected chi connectivity index (χ3v) is 3.03. The molecule has 0 saturated carbocycles. The van der Waals surface area contributed by atoms with Crippen molar-refractivity contribution >= 4 is 34.2 Å². The zero-order valence-corrected chi connectivity index (χ0v) is 10.8. The summed E-state index contributed by atoms with van der Waals surface area (Å²) in [6.07, 6.45) is 3.23. The predicted molar refractivity (Wildman–Crippen MR) is 70.3 cm³/mol. The van der Waals surface area contributed by atoms with Crippen molar-refractivity contribution in [2.24, 2.45) is 7.05 Å². The van der Waals surface area contributed by atoms with E-state index >= 15 is 0 Å². The molecule has 1 aromatic heterocycles. The Morgan fingerprint density at radius 3 is 2.81 bits per heavy atom. The smallest absolute Gasteiger partial charge is 0.258 e. The van der Waals surface area contributed by atoms with Gasteiger partial charge in [0.1, 0.15) is 0 Å². The summed E-state index contributed by atoms with van der Waals surface area (Å²) in [5.74, 6) is -0.141. The maximum atomic E-state index is 11.8. The highest BCUT2D eigenvalue weighted by Gasteiger charge is 2.09. The number of nitrogens with zero attached hydrogens (tertiary/aromatic N) is 2. The molecule has 1 N–H and O–H groups in total. The Kier molecular flexibility index (Phi) is 3.23. The van der Waals surface area contributed by atoms with Gasteiger partial charge in [-0.2, -0.15) is 5.10 Å². The van der Waals surface area contributed by atoms with Crippen molar-refractivity contribution in [3.63, 3.8) is 0 Å². The fourth-order valence-corrected chi connectivity index (χ4v) is 1.82. The molecule has 4 nitrogen and oxygen atoms in total. The first-order chi connectivity index (χ1) is 7.66. The molecule has 5 heteroatoms. The normalized spacial score (nSPS) is 10.1. The number of aryl methyl sites for hydroxylation is 1. The number of para-hydroxylation sites is 1. The van der Waals surface area contributed by atoms with Crippen LogP contribution in [0, 0.1) is 3.57 Å². The number of rotatable bonds is 2. The summed E-state index contributed by atoms with van der Waals surface area (Å²) in [7, 11) is 1.78. The fourth-order valence-electron chi connectivity index (χ4n) is 1.30. The van der Waals surface area contributed by atoms with Gasteiger partial charge in [-0.1, -0.05) is 12.1 Å². The van der Waals surface area contributed by atoms with Gasteiger partial charge in [0.2, 0.25) is 0 Å². The van der Waals surface area contributed by atoms with E-state index in [-0.39, 0.29) is 5.91 Å². The summed E-state index contributed by atoms with van der Waals surface area (Å²) in [4.78, 5) is 11.8. The molecule has 1 aromatic carbocycles. The first kappa shape index (κ1) is 11.1. The molecule has 0 fully saturated rings. The second-order valence-electron chi connectivity index (χ2n) is 3.34. The van der Waals surface area contributed by atoms with Crippen LogP contribution in [0.2, 0.25) is 0 Å². The predicted octanol–water partition coefficient (Wildman–Crippen LogP) is 2.28. The minimum atomic E-state index is -0.141. The van der Waals surface area contributed by atoms with Crippen molar-refractivity contribution in [3.05, 3.63) is 45.8 Å². The number of anilines is 1. The maximum Gasteiger partial charge on any atom is 0.258 e. The third kappa shape index (κ3) is 2.41. The molecule has 1 heterocycles. The van der Waals surface area contributed by atoms with Crippen LogP contribution in [0.1, 0.15) is 10.4 Å². The number of halogens is 1. The molecule has 0 aliphatic heterocycles. The number of carbonyl (C=O) groups is 1. The molecule has 0 radical (unpaired) electrons. The van der Waals surface area contributed by atoms with E-state index in [9.17, 15) is 4.79 Å². The van der Waals surface area contributed by atoms with Gasteiger partial charge in [0, 0.05) is 16.8 Å². The zero-order chi connectivity index (χ0) is 11.5. The second-order valence-corrected chi connectivity index (χ2v) is 4.50. The number of nitrogens with one attached hydrogen (secondary N) is 1. The van der Waals surface area contributed by atoms with E-state index in [4.69, 9.17) is 0 Å². The van der Waals surface area contributed by atoms with Crippen LogP contribution >= 0.6 is 22.6 Å². The van der Waals surface area contributed by atoms with E-state index in [1.807, 2.05) is 24.3 Å². The summed E-state index contributed by atoms with van der Waals surface area (Å²) < 4.78 is 2.61. The van der Waals surface area contributed by atoms with Gasteiger partial charge in [0.25, 0.3) is 5.91 Å². The van der Waals surface area contributed by atoms with E-state index in [2.05, 4.69) is 33.0 Å². The Labute approximate surface area is 107 Å². The Balaban J connectivity index is 2.17. The number of aromatic nitrogens is 2. The molecule has 0 aliphatic rings. The van der Waals surface area contributed by atoms with Crippen LogP contribution in [0.4, 0.5) is 5.69 Å². The monoisotopic (exact) mass is 327 g/mol. The largest absolute Gasteiger partial charge is 0.321 e. The highest BCUT2D eigenvalue weighted by Crippen LogP contribution is 2.17. The molecular weight excluding hydrogens is 317 g/mol. The van der Waals surface area contributed by atoms with Crippen LogP contribution in [0.25, 0.3) is 0 Å². The molecule has 0 spiro atoms. The van der Waals surface area contributed by atoms with Crippen LogP contribution in [0.5, 0.6) is 0 Å². The van der Waals surface area contributed by atoms with Gasteiger partial charge in [0.05, 0.1) is 17.4 Å². The molecule has 82 valence electrons. The Morgan fingerprint density at radius 1 is 1.44 bits per heavy atom. The van der Waals surface area contributed by atoms with Crippen LogP contribution in [0.15, 0.2) is 36.7 Å². The molecular formula is C11H10IN3O. The van der Waals surface area contributed by atoms with E-state index in [0.717, 1.165) is 9.26 Å². The molecule has 1 amide bonds. The topological polar surface area (TPSA) is 46.9 Å². The molecule has 0 unspecified atom stereocenters. The number of amides is 1. The lowest BCUT2D eigenvalue weighted by atomic mass is 10.3. The lowest BCUT2D eigenvalue weighted by molar-refractivity contribution is 0.102. The molecule has 0 atom stereocenters. The van der Waals surface area contributed by atoms with Crippen molar-refractivity contribution in [1.82, 2.24) is 9.78 Å². The maximum absolute atomic E-state index is 11.8. The van der Waals surface area contributed by atoms with E-state index < -0.39 is 0 Å². The Bertz CT molecular complexity index is 521. The van der Waals surface area contributed by atoms with Crippen molar-refractivity contribution in [3.8, 4) is 0 Å². The van der Waals surface area contributed by atoms with Crippen molar-refractivity contribution < 1.29 is 4.79 Å². The molecule has 2 rings (SSSR count). The number of benzene rings is 1. The Morgan fingerprint density at radius 2 is 2.19 bits per heavy atom. The first-order valence-corrected chi connectivity index (χ1v) is 5.79. The van der Waals surface area contributed by atoms with Gasteiger partial charge in [-0.05, 0) is 34.7 Å². The molecule has 0 bridgehead atoms. The third-order valence-electron chi connectivity index (χ3n) is 2.09. The van der Waals surface area contributed by atoms with Crippen molar-refractivity contribution in [2.45, 2.75) is 0 Å². The standard InChI is InChI=1S/C11H10IN3O/c1-15-7-8(6-13-15)11(16)14-10-5-3-2-4-9(10)12/h2-7H,1H3,(H,14,16). The highest BCUT2D eigenvalue weighted by atomic mass is 127. The average molecular weight is 327 g/mol. The van der Waals surface area contributed by atoms with Gasteiger partial charge < -0.3 is 5.32 Å². The van der Waals surface area contributed by atoms with Crippen molar-refractivity contribution in [1.29, 1.82) is 0 Å². The SMILES string of the molecule is Cn1cc(C(=O)Nc2ccccc2I)cn1. The van der Waals surface area contributed by atoms with E-state index in [0.29, 0.717) is 5.56 Å².